The second kappa shape index (κ2) is 11.7. The van der Waals surface area contributed by atoms with Gasteiger partial charge in [0.05, 0.1) is 6.04 Å². The number of carbonyl (C=O) groups is 2. The lowest BCUT2D eigenvalue weighted by molar-refractivity contribution is -0.127. The molecule has 1 atom stereocenters. The fraction of sp³-hybridized carbons (Fsp3) is 0.625. The zero-order valence-corrected chi connectivity index (χ0v) is 20.3. The van der Waals surface area contributed by atoms with E-state index in [2.05, 4.69) is 40.0 Å². The Balaban J connectivity index is 1.94. The van der Waals surface area contributed by atoms with Crippen LogP contribution >= 0.6 is 0 Å². The topological polar surface area (TPSA) is 95.1 Å². The molecule has 2 amide bonds. The van der Waals surface area contributed by atoms with Crippen LogP contribution in [0, 0.1) is 0 Å². The Morgan fingerprint density at radius 1 is 1.06 bits per heavy atom. The van der Waals surface area contributed by atoms with Gasteiger partial charge in [0.25, 0.3) is 0 Å². The molecule has 1 aliphatic carbocycles. The number of amides is 2. The van der Waals surface area contributed by atoms with Gasteiger partial charge in [-0.3, -0.25) is 4.79 Å². The van der Waals surface area contributed by atoms with Gasteiger partial charge in [-0.25, -0.2) is 9.79 Å². The van der Waals surface area contributed by atoms with Crippen molar-refractivity contribution >= 4 is 18.0 Å². The third kappa shape index (κ3) is 9.16. The molecule has 0 saturated heterocycles. The zero-order chi connectivity index (χ0) is 23.7. The third-order valence-corrected chi connectivity index (χ3v) is 5.31. The molecule has 3 N–H and O–H groups in total. The van der Waals surface area contributed by atoms with Crippen molar-refractivity contribution in [2.45, 2.75) is 77.1 Å². The Kier molecular flexibility index (Phi) is 9.35. The molecule has 8 nitrogen and oxygen atoms in total. The summed E-state index contributed by atoms with van der Waals surface area (Å²) in [4.78, 5) is 30.1. The first-order valence-electron chi connectivity index (χ1n) is 11.4. The molecule has 8 heteroatoms. The van der Waals surface area contributed by atoms with Gasteiger partial charge in [0.1, 0.15) is 12.1 Å². The predicted molar refractivity (Wildman–Crippen MR) is 128 cm³/mol. The molecule has 1 aromatic rings. The minimum atomic E-state index is -0.501. The Morgan fingerprint density at radius 3 is 2.16 bits per heavy atom. The number of nitrogens with one attached hydrogen (secondary N) is 3. The number of likely N-dealkylation sites (N-methyl/N-ethyl adjacent to an activating group) is 1. The molecule has 0 heterocycles. The van der Waals surface area contributed by atoms with E-state index in [1.165, 1.54) is 4.90 Å². The van der Waals surface area contributed by atoms with Crippen LogP contribution in [0.2, 0.25) is 0 Å². The van der Waals surface area contributed by atoms with Gasteiger partial charge in [-0.1, -0.05) is 30.3 Å². The van der Waals surface area contributed by atoms with Crippen molar-refractivity contribution in [1.82, 2.24) is 20.9 Å². The van der Waals surface area contributed by atoms with Crippen LogP contribution in [-0.4, -0.2) is 61.2 Å². The molecule has 0 radical (unpaired) electrons. The summed E-state index contributed by atoms with van der Waals surface area (Å²) in [5.41, 5.74) is 0.644. The van der Waals surface area contributed by atoms with Crippen LogP contribution in [0.5, 0.6) is 0 Å². The highest BCUT2D eigenvalue weighted by molar-refractivity contribution is 5.85. The smallest absolute Gasteiger partial charge is 0.407 e. The molecular formula is C24H39N5O3. The van der Waals surface area contributed by atoms with Gasteiger partial charge in [0, 0.05) is 26.2 Å². The molecule has 1 aromatic carbocycles. The maximum absolute atomic E-state index is 12.1. The fourth-order valence-corrected chi connectivity index (χ4v) is 3.50. The summed E-state index contributed by atoms with van der Waals surface area (Å²) in [5, 5.41) is 9.88. The van der Waals surface area contributed by atoms with Crippen LogP contribution < -0.4 is 16.0 Å². The number of guanidine groups is 1. The zero-order valence-electron chi connectivity index (χ0n) is 20.3. The van der Waals surface area contributed by atoms with Crippen molar-refractivity contribution in [2.24, 2.45) is 4.99 Å². The summed E-state index contributed by atoms with van der Waals surface area (Å²) in [6, 6.07) is 10.5. The van der Waals surface area contributed by atoms with Crippen molar-refractivity contribution in [3.8, 4) is 0 Å². The van der Waals surface area contributed by atoms with E-state index in [0.717, 1.165) is 31.2 Å². The highest BCUT2D eigenvalue weighted by atomic mass is 16.6. The number of ether oxygens (including phenoxy) is 1. The minimum Gasteiger partial charge on any atom is -0.444 e. The highest BCUT2D eigenvalue weighted by Crippen LogP contribution is 2.20. The Morgan fingerprint density at radius 2 is 1.62 bits per heavy atom. The van der Waals surface area contributed by atoms with E-state index in [4.69, 9.17) is 4.74 Å². The van der Waals surface area contributed by atoms with E-state index < -0.39 is 5.60 Å². The molecule has 0 aliphatic heterocycles. The monoisotopic (exact) mass is 445 g/mol. The van der Waals surface area contributed by atoms with Crippen molar-refractivity contribution in [3.05, 3.63) is 35.9 Å². The molecule has 1 aliphatic rings. The molecule has 0 spiro atoms. The van der Waals surface area contributed by atoms with E-state index in [9.17, 15) is 9.59 Å². The van der Waals surface area contributed by atoms with E-state index in [1.807, 2.05) is 39.0 Å². The number of carbonyl (C=O) groups excluding carboxylic acids is 2. The number of hydrogen-bond donors (Lipinski definition) is 3. The second-order valence-corrected chi connectivity index (χ2v) is 9.57. The average molecular weight is 446 g/mol. The third-order valence-electron chi connectivity index (χ3n) is 5.31. The quantitative estimate of drug-likeness (QED) is 0.462. The lowest BCUT2D eigenvalue weighted by Gasteiger charge is -2.32. The molecule has 1 fully saturated rings. The van der Waals surface area contributed by atoms with Gasteiger partial charge >= 0.3 is 6.09 Å². The van der Waals surface area contributed by atoms with Crippen LogP contribution in [0.3, 0.4) is 0 Å². The number of nitrogens with zero attached hydrogens (tertiary/aromatic N) is 2. The first-order chi connectivity index (χ1) is 15.0. The van der Waals surface area contributed by atoms with E-state index >= 15 is 0 Å². The molecule has 2 rings (SSSR count). The van der Waals surface area contributed by atoms with Crippen molar-refractivity contribution in [3.63, 3.8) is 0 Å². The summed E-state index contributed by atoms with van der Waals surface area (Å²) < 4.78 is 5.36. The van der Waals surface area contributed by atoms with Gasteiger partial charge in [0.15, 0.2) is 5.96 Å². The van der Waals surface area contributed by atoms with Crippen LogP contribution in [0.1, 0.15) is 65.0 Å². The van der Waals surface area contributed by atoms with Crippen molar-refractivity contribution < 1.29 is 14.3 Å². The van der Waals surface area contributed by atoms with Gasteiger partial charge < -0.3 is 25.6 Å². The van der Waals surface area contributed by atoms with Crippen molar-refractivity contribution in [2.75, 3.05) is 20.6 Å². The fourth-order valence-electron chi connectivity index (χ4n) is 3.50. The predicted octanol–water partition coefficient (Wildman–Crippen LogP) is 3.21. The highest BCUT2D eigenvalue weighted by Gasteiger charge is 2.25. The summed E-state index contributed by atoms with van der Waals surface area (Å²) in [5.74, 6) is 0.573. The largest absolute Gasteiger partial charge is 0.444 e. The van der Waals surface area contributed by atoms with Gasteiger partial charge in [-0.15, -0.1) is 0 Å². The Bertz CT molecular complexity index is 766. The maximum atomic E-state index is 12.1. The summed E-state index contributed by atoms with van der Waals surface area (Å²) >= 11 is 0. The Hall–Kier alpha value is -2.77. The SMILES string of the molecule is CC(NC(=NCC(=O)N(C)C)NC1CCC(NC(=O)OC(C)(C)C)CC1)c1ccccc1. The Labute approximate surface area is 192 Å². The van der Waals surface area contributed by atoms with Gasteiger partial charge in [-0.2, -0.15) is 0 Å². The number of aliphatic imine (C=N–C) groups is 1. The lowest BCUT2D eigenvalue weighted by Crippen LogP contribution is -2.48. The van der Waals surface area contributed by atoms with Crippen LogP contribution in [0.25, 0.3) is 0 Å². The first-order valence-corrected chi connectivity index (χ1v) is 11.4. The van der Waals surface area contributed by atoms with Crippen LogP contribution in [-0.2, 0) is 9.53 Å². The van der Waals surface area contributed by atoms with Gasteiger partial charge in [-0.05, 0) is 58.9 Å². The van der Waals surface area contributed by atoms with Crippen LogP contribution in [0.4, 0.5) is 4.79 Å². The number of rotatable bonds is 6. The molecule has 0 bridgehead atoms. The van der Waals surface area contributed by atoms with E-state index in [1.54, 1.807) is 14.1 Å². The average Bonchev–Trinajstić information content (AvgIpc) is 2.72. The first kappa shape index (κ1) is 25.5. The molecule has 0 aromatic heterocycles. The minimum absolute atomic E-state index is 0.0436. The molecular weight excluding hydrogens is 406 g/mol. The van der Waals surface area contributed by atoms with Gasteiger partial charge in [0.2, 0.25) is 5.91 Å². The maximum Gasteiger partial charge on any atom is 0.407 e. The molecule has 32 heavy (non-hydrogen) atoms. The number of benzene rings is 1. The van der Waals surface area contributed by atoms with E-state index in [0.29, 0.717) is 5.96 Å². The molecule has 1 saturated carbocycles. The standard InChI is InChI=1S/C24H39N5O3/c1-17(18-10-8-7-9-11-18)26-22(25-16-21(30)29(5)6)27-19-12-14-20(15-13-19)28-23(31)32-24(2,3)4/h7-11,17,19-20H,12-16H2,1-6H3,(H,28,31)(H2,25,26,27). The molecule has 178 valence electrons. The normalized spacial score (nSPS) is 20.1. The number of alkyl carbamates (subject to hydrolysis) is 1. The summed E-state index contributed by atoms with van der Waals surface area (Å²) in [7, 11) is 3.45. The lowest BCUT2D eigenvalue weighted by atomic mass is 9.91. The van der Waals surface area contributed by atoms with E-state index in [-0.39, 0.29) is 36.7 Å². The molecule has 1 unspecified atom stereocenters. The van der Waals surface area contributed by atoms with Crippen LogP contribution in [0.15, 0.2) is 35.3 Å². The van der Waals surface area contributed by atoms with Crippen molar-refractivity contribution in [1.29, 1.82) is 0 Å². The number of hydrogen-bond acceptors (Lipinski definition) is 4. The second-order valence-electron chi connectivity index (χ2n) is 9.57. The summed E-state index contributed by atoms with van der Waals surface area (Å²) in [6.07, 6.45) is 3.13. The summed E-state index contributed by atoms with van der Waals surface area (Å²) in [6.45, 7) is 7.73.